The lowest BCUT2D eigenvalue weighted by molar-refractivity contribution is -0.120. The Labute approximate surface area is 81.8 Å². The highest BCUT2D eigenvalue weighted by Gasteiger charge is 2.31. The van der Waals surface area contributed by atoms with Gasteiger partial charge in [-0.1, -0.05) is 5.16 Å². The average molecular weight is 195 g/mol. The van der Waals surface area contributed by atoms with Crippen molar-refractivity contribution in [3.8, 4) is 0 Å². The summed E-state index contributed by atoms with van der Waals surface area (Å²) in [4.78, 5) is 11.3. The fourth-order valence-corrected chi connectivity index (χ4v) is 1.69. The molecule has 1 amide bonds. The van der Waals surface area contributed by atoms with E-state index in [4.69, 9.17) is 4.52 Å². The van der Waals surface area contributed by atoms with E-state index in [9.17, 15) is 4.79 Å². The monoisotopic (exact) mass is 195 g/mol. The Morgan fingerprint density at radius 2 is 2.14 bits per heavy atom. The topological polar surface area (TPSA) is 67.2 Å². The van der Waals surface area contributed by atoms with Gasteiger partial charge in [-0.15, -0.1) is 0 Å². The number of carbonyl (C=O) groups is 1. The Balaban J connectivity index is 2.29. The van der Waals surface area contributed by atoms with Gasteiger partial charge in [-0.3, -0.25) is 10.1 Å². The quantitative estimate of drug-likeness (QED) is 0.680. The molecule has 2 heterocycles. The minimum Gasteiger partial charge on any atom is -0.361 e. The fraction of sp³-hybridized carbons (Fsp3) is 0.556. The molecule has 5 heteroatoms. The molecule has 2 N–H and O–H groups in total. The van der Waals surface area contributed by atoms with Gasteiger partial charge in [0.15, 0.2) is 0 Å². The van der Waals surface area contributed by atoms with E-state index in [0.29, 0.717) is 0 Å². The number of rotatable bonds is 1. The molecule has 76 valence electrons. The van der Waals surface area contributed by atoms with Crippen molar-refractivity contribution in [2.24, 2.45) is 0 Å². The van der Waals surface area contributed by atoms with Crippen molar-refractivity contribution in [1.29, 1.82) is 0 Å². The number of aryl methyl sites for hydroxylation is 2. The van der Waals surface area contributed by atoms with E-state index in [-0.39, 0.29) is 18.1 Å². The summed E-state index contributed by atoms with van der Waals surface area (Å²) in [7, 11) is 0. The third-order valence-electron chi connectivity index (χ3n) is 2.47. The van der Waals surface area contributed by atoms with E-state index >= 15 is 0 Å². The van der Waals surface area contributed by atoms with Gasteiger partial charge in [-0.25, -0.2) is 0 Å². The SMILES string of the molecule is Cc1noc(C)c1C1NC(=O)C(C)N1. The highest BCUT2D eigenvalue weighted by atomic mass is 16.5. The molecule has 0 radical (unpaired) electrons. The van der Waals surface area contributed by atoms with Crippen LogP contribution in [0.3, 0.4) is 0 Å². The number of amides is 1. The number of nitrogens with zero attached hydrogens (tertiary/aromatic N) is 1. The Bertz CT molecular complexity index is 353. The normalized spacial score (nSPS) is 26.6. The van der Waals surface area contributed by atoms with Crippen LogP contribution in [0.2, 0.25) is 0 Å². The first-order valence-electron chi connectivity index (χ1n) is 4.59. The molecule has 1 saturated heterocycles. The zero-order valence-corrected chi connectivity index (χ0v) is 8.42. The molecule has 1 aliphatic rings. The summed E-state index contributed by atoms with van der Waals surface area (Å²) in [5.41, 5.74) is 1.75. The molecule has 0 aliphatic carbocycles. The highest BCUT2D eigenvalue weighted by Crippen LogP contribution is 2.22. The second-order valence-electron chi connectivity index (χ2n) is 3.57. The fourth-order valence-electron chi connectivity index (χ4n) is 1.69. The lowest BCUT2D eigenvalue weighted by Crippen LogP contribution is -2.25. The van der Waals surface area contributed by atoms with Crippen molar-refractivity contribution >= 4 is 5.91 Å². The first kappa shape index (κ1) is 9.21. The molecule has 14 heavy (non-hydrogen) atoms. The molecule has 5 nitrogen and oxygen atoms in total. The third-order valence-corrected chi connectivity index (χ3v) is 2.47. The second kappa shape index (κ2) is 3.09. The van der Waals surface area contributed by atoms with Crippen LogP contribution in [-0.2, 0) is 4.79 Å². The second-order valence-corrected chi connectivity index (χ2v) is 3.57. The number of nitrogens with one attached hydrogen (secondary N) is 2. The van der Waals surface area contributed by atoms with Crippen molar-refractivity contribution in [3.05, 3.63) is 17.0 Å². The number of hydrogen-bond acceptors (Lipinski definition) is 4. The Morgan fingerprint density at radius 1 is 1.43 bits per heavy atom. The molecule has 2 rings (SSSR count). The van der Waals surface area contributed by atoms with Crippen molar-refractivity contribution in [2.75, 3.05) is 0 Å². The maximum absolute atomic E-state index is 11.3. The number of carbonyl (C=O) groups excluding carboxylic acids is 1. The maximum atomic E-state index is 11.3. The van der Waals surface area contributed by atoms with Crippen molar-refractivity contribution in [1.82, 2.24) is 15.8 Å². The Hall–Kier alpha value is -1.36. The molecular formula is C9H13N3O2. The Kier molecular flexibility index (Phi) is 2.03. The van der Waals surface area contributed by atoms with E-state index in [2.05, 4.69) is 15.8 Å². The molecule has 0 bridgehead atoms. The minimum absolute atomic E-state index is 0.00926. The lowest BCUT2D eigenvalue weighted by atomic mass is 10.1. The van der Waals surface area contributed by atoms with Crippen LogP contribution in [0.1, 0.15) is 30.1 Å². The van der Waals surface area contributed by atoms with Crippen molar-refractivity contribution < 1.29 is 9.32 Å². The van der Waals surface area contributed by atoms with Crippen LogP contribution < -0.4 is 10.6 Å². The summed E-state index contributed by atoms with van der Waals surface area (Å²) in [5, 5.41) is 9.81. The molecule has 1 aliphatic heterocycles. The van der Waals surface area contributed by atoms with Gasteiger partial charge in [-0.05, 0) is 20.8 Å². The molecule has 1 fully saturated rings. The van der Waals surface area contributed by atoms with Gasteiger partial charge in [0.05, 0.1) is 17.3 Å². The largest absolute Gasteiger partial charge is 0.361 e. The van der Waals surface area contributed by atoms with E-state index in [1.807, 2.05) is 20.8 Å². The van der Waals surface area contributed by atoms with Crippen molar-refractivity contribution in [3.63, 3.8) is 0 Å². The molecule has 2 atom stereocenters. The molecule has 1 aromatic heterocycles. The highest BCUT2D eigenvalue weighted by molar-refractivity contribution is 5.83. The van der Waals surface area contributed by atoms with Gasteiger partial charge in [0.2, 0.25) is 5.91 Å². The van der Waals surface area contributed by atoms with Gasteiger partial charge in [0, 0.05) is 0 Å². The zero-order chi connectivity index (χ0) is 10.3. The van der Waals surface area contributed by atoms with Crippen molar-refractivity contribution in [2.45, 2.75) is 33.0 Å². The van der Waals surface area contributed by atoms with Crippen LogP contribution in [0.15, 0.2) is 4.52 Å². The third kappa shape index (κ3) is 1.29. The van der Waals surface area contributed by atoms with Gasteiger partial charge in [0.25, 0.3) is 0 Å². The predicted molar refractivity (Wildman–Crippen MR) is 49.5 cm³/mol. The van der Waals surface area contributed by atoms with E-state index in [0.717, 1.165) is 17.0 Å². The van der Waals surface area contributed by atoms with Crippen LogP contribution in [-0.4, -0.2) is 17.1 Å². The van der Waals surface area contributed by atoms with Crippen LogP contribution in [0.4, 0.5) is 0 Å². The summed E-state index contributed by atoms with van der Waals surface area (Å²) >= 11 is 0. The predicted octanol–water partition coefficient (Wildman–Crippen LogP) is 0.398. The van der Waals surface area contributed by atoms with Gasteiger partial charge in [0.1, 0.15) is 11.9 Å². The summed E-state index contributed by atoms with van der Waals surface area (Å²) in [5.74, 6) is 0.754. The van der Waals surface area contributed by atoms with Gasteiger partial charge in [-0.2, -0.15) is 0 Å². The standard InChI is InChI=1S/C9H13N3O2/c1-4-7(6(3)14-12-4)8-10-5(2)9(13)11-8/h5,8,10H,1-3H3,(H,11,13). The first-order valence-corrected chi connectivity index (χ1v) is 4.59. The smallest absolute Gasteiger partial charge is 0.238 e. The Morgan fingerprint density at radius 3 is 2.57 bits per heavy atom. The molecule has 0 aromatic carbocycles. The van der Waals surface area contributed by atoms with Crippen LogP contribution in [0.25, 0.3) is 0 Å². The molecule has 1 aromatic rings. The lowest BCUT2D eigenvalue weighted by Gasteiger charge is -2.09. The summed E-state index contributed by atoms with van der Waals surface area (Å²) in [6.45, 7) is 5.53. The average Bonchev–Trinajstić information content (AvgIpc) is 2.59. The summed E-state index contributed by atoms with van der Waals surface area (Å²) in [6.07, 6.45) is -0.163. The number of aromatic nitrogens is 1. The molecule has 0 saturated carbocycles. The van der Waals surface area contributed by atoms with E-state index in [1.165, 1.54) is 0 Å². The van der Waals surface area contributed by atoms with Crippen LogP contribution >= 0.6 is 0 Å². The molecular weight excluding hydrogens is 182 g/mol. The van der Waals surface area contributed by atoms with Crippen LogP contribution in [0, 0.1) is 13.8 Å². The van der Waals surface area contributed by atoms with E-state index < -0.39 is 0 Å². The van der Waals surface area contributed by atoms with Crippen LogP contribution in [0.5, 0.6) is 0 Å². The minimum atomic E-state index is -0.163. The first-order chi connectivity index (χ1) is 6.59. The maximum Gasteiger partial charge on any atom is 0.238 e. The van der Waals surface area contributed by atoms with Gasteiger partial charge < -0.3 is 9.84 Å². The summed E-state index contributed by atoms with van der Waals surface area (Å²) < 4.78 is 5.04. The summed E-state index contributed by atoms with van der Waals surface area (Å²) in [6, 6.07) is -0.159. The van der Waals surface area contributed by atoms with Gasteiger partial charge >= 0.3 is 0 Å². The number of hydrogen-bond donors (Lipinski definition) is 2. The molecule has 0 spiro atoms. The van der Waals surface area contributed by atoms with E-state index in [1.54, 1.807) is 0 Å². The molecule has 2 unspecified atom stereocenters. The zero-order valence-electron chi connectivity index (χ0n) is 8.42.